The normalized spacial score (nSPS) is 15.6. The van der Waals surface area contributed by atoms with Gasteiger partial charge in [-0.25, -0.2) is 0 Å². The predicted molar refractivity (Wildman–Crippen MR) is 90.8 cm³/mol. The highest BCUT2D eigenvalue weighted by Crippen LogP contribution is 2.04. The predicted octanol–water partition coefficient (Wildman–Crippen LogP) is 2.26. The van der Waals surface area contributed by atoms with E-state index in [0.717, 1.165) is 38.4 Å². The molecule has 0 aromatic carbocycles. The summed E-state index contributed by atoms with van der Waals surface area (Å²) < 4.78 is 0. The molecule has 0 spiro atoms. The molecule has 0 radical (unpaired) electrons. The highest BCUT2D eigenvalue weighted by atomic mass is 16.3. The lowest BCUT2D eigenvalue weighted by Crippen LogP contribution is -2.45. The molecule has 122 valence electrons. The largest absolute Gasteiger partial charge is 0.395 e. The number of aliphatic hydroxyl groups excluding tert-OH is 1. The molecule has 0 bridgehead atoms. The van der Waals surface area contributed by atoms with Gasteiger partial charge in [-0.05, 0) is 45.0 Å². The van der Waals surface area contributed by atoms with Crippen LogP contribution in [-0.2, 0) is 0 Å². The minimum atomic E-state index is 0.295. The lowest BCUT2D eigenvalue weighted by atomic mass is 10.2. The molecule has 1 aromatic heterocycles. The highest BCUT2D eigenvalue weighted by Gasteiger charge is 2.11. The van der Waals surface area contributed by atoms with Crippen LogP contribution < -0.4 is 0 Å². The van der Waals surface area contributed by atoms with Crippen LogP contribution in [0.1, 0.15) is 30.7 Å². The van der Waals surface area contributed by atoms with Crippen molar-refractivity contribution >= 4 is 0 Å². The molecule has 1 aliphatic rings. The van der Waals surface area contributed by atoms with E-state index in [-0.39, 0.29) is 0 Å². The number of likely N-dealkylation sites (N-methyl/N-ethyl adjacent to an activating group) is 1. The second-order valence-electron chi connectivity index (χ2n) is 5.28. The molecular weight excluding hydrogens is 262 g/mol. The summed E-state index contributed by atoms with van der Waals surface area (Å²) in [7, 11) is 2.14. The first-order valence-corrected chi connectivity index (χ1v) is 7.94. The Hall–Kier alpha value is -0.970. The van der Waals surface area contributed by atoms with Crippen molar-refractivity contribution in [1.82, 2.24) is 14.8 Å². The molecule has 21 heavy (non-hydrogen) atoms. The van der Waals surface area contributed by atoms with Gasteiger partial charge in [0, 0.05) is 44.6 Å². The Labute approximate surface area is 130 Å². The molecule has 0 unspecified atom stereocenters. The molecule has 2 rings (SSSR count). The summed E-state index contributed by atoms with van der Waals surface area (Å²) in [5, 5.41) is 8.63. The summed E-state index contributed by atoms with van der Waals surface area (Å²) in [6.45, 7) is 15.8. The van der Waals surface area contributed by atoms with Gasteiger partial charge in [-0.3, -0.25) is 9.88 Å². The lowest BCUT2D eigenvalue weighted by molar-refractivity contribution is 0.128. The van der Waals surface area contributed by atoms with Crippen molar-refractivity contribution in [3.63, 3.8) is 0 Å². The van der Waals surface area contributed by atoms with Crippen LogP contribution in [0.3, 0.4) is 0 Å². The Kier molecular flexibility index (Phi) is 11.1. The number of hydrogen-bond donors (Lipinski definition) is 1. The third-order valence-electron chi connectivity index (χ3n) is 3.52. The lowest BCUT2D eigenvalue weighted by Gasteiger charge is -2.31. The Morgan fingerprint density at radius 1 is 1.05 bits per heavy atom. The van der Waals surface area contributed by atoms with Crippen LogP contribution >= 0.6 is 0 Å². The van der Waals surface area contributed by atoms with E-state index in [1.807, 2.05) is 27.0 Å². The van der Waals surface area contributed by atoms with Gasteiger partial charge in [0.15, 0.2) is 0 Å². The fourth-order valence-electron chi connectivity index (χ4n) is 1.98. The van der Waals surface area contributed by atoms with E-state index in [1.54, 1.807) is 0 Å². The third-order valence-corrected chi connectivity index (χ3v) is 3.52. The van der Waals surface area contributed by atoms with Gasteiger partial charge in [0.2, 0.25) is 0 Å². The average molecular weight is 295 g/mol. The fourth-order valence-corrected chi connectivity index (χ4v) is 1.98. The van der Waals surface area contributed by atoms with Gasteiger partial charge in [-0.2, -0.15) is 0 Å². The van der Waals surface area contributed by atoms with Gasteiger partial charge in [0.05, 0.1) is 6.61 Å². The molecule has 1 saturated heterocycles. The number of aliphatic hydroxyl groups is 1. The Morgan fingerprint density at radius 3 is 2.05 bits per heavy atom. The maximum Gasteiger partial charge on any atom is 0.0558 e. The van der Waals surface area contributed by atoms with Crippen LogP contribution in [0.15, 0.2) is 12.3 Å². The molecule has 0 amide bonds. The molecule has 4 heteroatoms. The standard InChI is InChI=1S/C8H11N.C7H16N2O.C2H6/c1-6-4-8(3)9-5-7(6)2;1-8-2-4-9(5-3-8)6-7-10;1-2/h4-5H,1-3H3;10H,2-7H2,1H3;1-2H3. The minimum Gasteiger partial charge on any atom is -0.395 e. The molecule has 1 N–H and O–H groups in total. The quantitative estimate of drug-likeness (QED) is 0.908. The number of pyridine rings is 1. The summed E-state index contributed by atoms with van der Waals surface area (Å²) in [4.78, 5) is 8.74. The Morgan fingerprint density at radius 2 is 1.62 bits per heavy atom. The van der Waals surface area contributed by atoms with E-state index in [0.29, 0.717) is 6.61 Å². The van der Waals surface area contributed by atoms with Crippen molar-refractivity contribution in [2.75, 3.05) is 46.4 Å². The van der Waals surface area contributed by atoms with Crippen molar-refractivity contribution in [3.8, 4) is 0 Å². The minimum absolute atomic E-state index is 0.295. The van der Waals surface area contributed by atoms with Crippen LogP contribution in [0.5, 0.6) is 0 Å². The maximum atomic E-state index is 8.63. The number of aryl methyl sites for hydroxylation is 3. The Balaban J connectivity index is 0.000000342. The highest BCUT2D eigenvalue weighted by molar-refractivity contribution is 5.22. The third kappa shape index (κ3) is 8.81. The molecule has 1 aromatic rings. The van der Waals surface area contributed by atoms with E-state index in [4.69, 9.17) is 5.11 Å². The second kappa shape index (κ2) is 11.7. The topological polar surface area (TPSA) is 39.6 Å². The monoisotopic (exact) mass is 295 g/mol. The molecule has 1 fully saturated rings. The molecule has 1 aliphatic heterocycles. The molecule has 4 nitrogen and oxygen atoms in total. The zero-order chi connectivity index (χ0) is 16.3. The number of rotatable bonds is 2. The van der Waals surface area contributed by atoms with E-state index in [2.05, 4.69) is 41.7 Å². The first kappa shape index (κ1) is 20.0. The van der Waals surface area contributed by atoms with Gasteiger partial charge >= 0.3 is 0 Å². The van der Waals surface area contributed by atoms with Crippen molar-refractivity contribution in [1.29, 1.82) is 0 Å². The zero-order valence-electron chi connectivity index (χ0n) is 14.7. The van der Waals surface area contributed by atoms with Gasteiger partial charge in [-0.1, -0.05) is 13.8 Å². The van der Waals surface area contributed by atoms with Crippen molar-refractivity contribution in [2.24, 2.45) is 0 Å². The Bertz CT molecular complexity index is 374. The van der Waals surface area contributed by atoms with Crippen molar-refractivity contribution in [2.45, 2.75) is 34.6 Å². The molecule has 0 saturated carbocycles. The first-order valence-electron chi connectivity index (χ1n) is 7.94. The summed E-state index contributed by atoms with van der Waals surface area (Å²) in [5.41, 5.74) is 3.68. The van der Waals surface area contributed by atoms with Gasteiger partial charge in [0.25, 0.3) is 0 Å². The fraction of sp³-hybridized carbons (Fsp3) is 0.706. The van der Waals surface area contributed by atoms with Crippen LogP contribution in [0.2, 0.25) is 0 Å². The first-order chi connectivity index (χ1) is 10.0. The summed E-state index contributed by atoms with van der Waals surface area (Å²) in [6.07, 6.45) is 1.91. The molecule has 2 heterocycles. The van der Waals surface area contributed by atoms with Crippen LogP contribution in [0.25, 0.3) is 0 Å². The van der Waals surface area contributed by atoms with Crippen LogP contribution in [0.4, 0.5) is 0 Å². The number of piperazine rings is 1. The number of aromatic nitrogens is 1. The van der Waals surface area contributed by atoms with Crippen LogP contribution in [-0.4, -0.2) is 66.3 Å². The van der Waals surface area contributed by atoms with Gasteiger partial charge < -0.3 is 10.0 Å². The number of β-amino-alcohol motifs (C(OH)–C–C–N with tert-alkyl or cyclic N) is 1. The number of nitrogens with zero attached hydrogens (tertiary/aromatic N) is 3. The molecule has 0 atom stereocenters. The summed E-state index contributed by atoms with van der Waals surface area (Å²) in [5.74, 6) is 0. The molecule has 0 aliphatic carbocycles. The van der Waals surface area contributed by atoms with Crippen molar-refractivity contribution in [3.05, 3.63) is 29.1 Å². The van der Waals surface area contributed by atoms with E-state index >= 15 is 0 Å². The van der Waals surface area contributed by atoms with E-state index < -0.39 is 0 Å². The second-order valence-corrected chi connectivity index (χ2v) is 5.28. The SMILES string of the molecule is CC.CN1CCN(CCO)CC1.Cc1cc(C)c(C)cn1. The van der Waals surface area contributed by atoms with Gasteiger partial charge in [-0.15, -0.1) is 0 Å². The number of hydrogen-bond acceptors (Lipinski definition) is 4. The maximum absolute atomic E-state index is 8.63. The van der Waals surface area contributed by atoms with Gasteiger partial charge in [0.1, 0.15) is 0 Å². The summed E-state index contributed by atoms with van der Waals surface area (Å²) >= 11 is 0. The molecular formula is C17H33N3O. The van der Waals surface area contributed by atoms with Crippen LogP contribution in [0, 0.1) is 20.8 Å². The summed E-state index contributed by atoms with van der Waals surface area (Å²) in [6, 6.07) is 2.09. The average Bonchev–Trinajstić information content (AvgIpc) is 2.49. The van der Waals surface area contributed by atoms with E-state index in [1.165, 1.54) is 11.1 Å². The zero-order valence-corrected chi connectivity index (χ0v) is 14.7. The van der Waals surface area contributed by atoms with Crippen molar-refractivity contribution < 1.29 is 5.11 Å². The smallest absolute Gasteiger partial charge is 0.0558 e. The van der Waals surface area contributed by atoms with E-state index in [9.17, 15) is 0 Å².